The van der Waals surface area contributed by atoms with Gasteiger partial charge in [0.1, 0.15) is 0 Å². The highest BCUT2D eigenvalue weighted by molar-refractivity contribution is 9.08. The van der Waals surface area contributed by atoms with Gasteiger partial charge in [0.15, 0.2) is 0 Å². The lowest BCUT2D eigenvalue weighted by atomic mass is 10.1. The Hall–Kier alpha value is -1.36. The summed E-state index contributed by atoms with van der Waals surface area (Å²) in [6, 6.07) is 3.57. The van der Waals surface area contributed by atoms with Crippen molar-refractivity contribution in [3.63, 3.8) is 0 Å². The van der Waals surface area contributed by atoms with Crippen molar-refractivity contribution in [3.05, 3.63) is 29.6 Å². The Morgan fingerprint density at radius 2 is 2.36 bits per heavy atom. The number of rotatable bonds is 2. The van der Waals surface area contributed by atoms with E-state index in [0.29, 0.717) is 10.9 Å². The van der Waals surface area contributed by atoms with Crippen molar-refractivity contribution in [2.24, 2.45) is 5.73 Å². The standard InChI is InChI=1S/C9H8BrN3O/c10-3-5-1-7-8(13-4-12-7)2-6(5)9(11)14/h1-2,4H,3H2,(H2,11,14)(H,12,13). The maximum atomic E-state index is 11.1. The highest BCUT2D eigenvalue weighted by Gasteiger charge is 2.09. The van der Waals surface area contributed by atoms with E-state index in [1.54, 1.807) is 12.4 Å². The molecule has 2 aromatic rings. The molecule has 0 aliphatic carbocycles. The highest BCUT2D eigenvalue weighted by Crippen LogP contribution is 2.19. The van der Waals surface area contributed by atoms with Crippen LogP contribution in [0.1, 0.15) is 15.9 Å². The summed E-state index contributed by atoms with van der Waals surface area (Å²) in [7, 11) is 0. The molecular formula is C9H8BrN3O. The van der Waals surface area contributed by atoms with Gasteiger partial charge < -0.3 is 10.7 Å². The van der Waals surface area contributed by atoms with E-state index in [0.717, 1.165) is 16.6 Å². The fourth-order valence-corrected chi connectivity index (χ4v) is 1.83. The molecule has 0 spiro atoms. The number of hydrogen-bond acceptors (Lipinski definition) is 2. The summed E-state index contributed by atoms with van der Waals surface area (Å²) in [4.78, 5) is 18.1. The molecule has 0 saturated carbocycles. The van der Waals surface area contributed by atoms with E-state index in [9.17, 15) is 4.79 Å². The molecule has 0 bridgehead atoms. The minimum absolute atomic E-state index is 0.427. The maximum Gasteiger partial charge on any atom is 0.249 e. The lowest BCUT2D eigenvalue weighted by Crippen LogP contribution is -2.13. The Bertz CT molecular complexity index is 492. The number of amides is 1. The minimum Gasteiger partial charge on any atom is -0.366 e. The van der Waals surface area contributed by atoms with Crippen LogP contribution >= 0.6 is 15.9 Å². The highest BCUT2D eigenvalue weighted by atomic mass is 79.9. The first-order chi connectivity index (χ1) is 6.72. The predicted octanol–water partition coefficient (Wildman–Crippen LogP) is 1.56. The van der Waals surface area contributed by atoms with Crippen LogP contribution in [0.2, 0.25) is 0 Å². The second kappa shape index (κ2) is 3.42. The molecule has 1 aromatic heterocycles. The van der Waals surface area contributed by atoms with Gasteiger partial charge in [-0.05, 0) is 17.7 Å². The number of alkyl halides is 1. The average molecular weight is 254 g/mol. The summed E-state index contributed by atoms with van der Waals surface area (Å²) in [5.74, 6) is -0.427. The topological polar surface area (TPSA) is 71.8 Å². The van der Waals surface area contributed by atoms with Crippen LogP contribution in [0.5, 0.6) is 0 Å². The van der Waals surface area contributed by atoms with Crippen molar-refractivity contribution < 1.29 is 4.79 Å². The van der Waals surface area contributed by atoms with Gasteiger partial charge in [-0.2, -0.15) is 0 Å². The second-order valence-electron chi connectivity index (χ2n) is 2.93. The Balaban J connectivity index is 2.72. The molecule has 1 amide bonds. The molecule has 0 saturated heterocycles. The van der Waals surface area contributed by atoms with E-state index in [1.165, 1.54) is 0 Å². The Morgan fingerprint density at radius 1 is 1.57 bits per heavy atom. The summed E-state index contributed by atoms with van der Waals surface area (Å²) in [5, 5.41) is 0.597. The molecule has 1 aromatic carbocycles. The van der Waals surface area contributed by atoms with Gasteiger partial charge in [0.25, 0.3) is 0 Å². The zero-order valence-electron chi connectivity index (χ0n) is 7.25. The number of nitrogens with zero attached hydrogens (tertiary/aromatic N) is 1. The first-order valence-corrected chi connectivity index (χ1v) is 5.16. The van der Waals surface area contributed by atoms with Gasteiger partial charge in [-0.25, -0.2) is 4.98 Å². The molecule has 0 aliphatic rings. The fraction of sp³-hybridized carbons (Fsp3) is 0.111. The number of fused-ring (bicyclic) bond motifs is 1. The van der Waals surface area contributed by atoms with Crippen LogP contribution in [0, 0.1) is 0 Å². The van der Waals surface area contributed by atoms with E-state index >= 15 is 0 Å². The number of aromatic amines is 1. The molecule has 0 fully saturated rings. The smallest absolute Gasteiger partial charge is 0.249 e. The molecular weight excluding hydrogens is 246 g/mol. The summed E-state index contributed by atoms with van der Waals surface area (Å²) in [6.07, 6.45) is 1.59. The number of nitrogens with two attached hydrogens (primary N) is 1. The summed E-state index contributed by atoms with van der Waals surface area (Å²) in [6.45, 7) is 0. The number of hydrogen-bond donors (Lipinski definition) is 2. The zero-order valence-corrected chi connectivity index (χ0v) is 8.84. The fourth-order valence-electron chi connectivity index (χ4n) is 1.37. The SMILES string of the molecule is NC(=O)c1cc2nc[nH]c2cc1CBr. The number of nitrogens with one attached hydrogen (secondary N) is 1. The predicted molar refractivity (Wildman–Crippen MR) is 57.2 cm³/mol. The van der Waals surface area contributed by atoms with Crippen LogP contribution in [0.4, 0.5) is 0 Å². The van der Waals surface area contributed by atoms with E-state index in [2.05, 4.69) is 25.9 Å². The summed E-state index contributed by atoms with van der Waals surface area (Å²) >= 11 is 3.31. The van der Waals surface area contributed by atoms with Gasteiger partial charge in [0, 0.05) is 10.9 Å². The van der Waals surface area contributed by atoms with Gasteiger partial charge in [0.2, 0.25) is 5.91 Å². The van der Waals surface area contributed by atoms with Crippen LogP contribution in [0.3, 0.4) is 0 Å². The average Bonchev–Trinajstić information content (AvgIpc) is 2.62. The van der Waals surface area contributed by atoms with Crippen molar-refractivity contribution >= 4 is 32.9 Å². The monoisotopic (exact) mass is 253 g/mol. The number of primary amides is 1. The maximum absolute atomic E-state index is 11.1. The van der Waals surface area contributed by atoms with Crippen LogP contribution < -0.4 is 5.73 Å². The van der Waals surface area contributed by atoms with E-state index in [-0.39, 0.29) is 0 Å². The molecule has 72 valence electrons. The van der Waals surface area contributed by atoms with Crippen LogP contribution in [0.15, 0.2) is 18.5 Å². The summed E-state index contributed by atoms with van der Waals surface area (Å²) in [5.41, 5.74) is 8.30. The van der Waals surface area contributed by atoms with Gasteiger partial charge in [-0.15, -0.1) is 0 Å². The number of benzene rings is 1. The van der Waals surface area contributed by atoms with E-state index in [1.807, 2.05) is 6.07 Å². The van der Waals surface area contributed by atoms with Gasteiger partial charge in [-0.3, -0.25) is 4.79 Å². The van der Waals surface area contributed by atoms with Crippen LogP contribution in [0.25, 0.3) is 11.0 Å². The normalized spacial score (nSPS) is 10.6. The molecule has 0 aliphatic heterocycles. The van der Waals surface area contributed by atoms with Crippen LogP contribution in [-0.2, 0) is 5.33 Å². The number of halogens is 1. The largest absolute Gasteiger partial charge is 0.366 e. The molecule has 2 rings (SSSR count). The van der Waals surface area contributed by atoms with Gasteiger partial charge >= 0.3 is 0 Å². The first-order valence-electron chi connectivity index (χ1n) is 4.04. The van der Waals surface area contributed by atoms with E-state index in [4.69, 9.17) is 5.73 Å². The van der Waals surface area contributed by atoms with Crippen molar-refractivity contribution in [3.8, 4) is 0 Å². The Kier molecular flexibility index (Phi) is 2.25. The van der Waals surface area contributed by atoms with Gasteiger partial charge in [-0.1, -0.05) is 15.9 Å². The molecule has 0 radical (unpaired) electrons. The molecule has 14 heavy (non-hydrogen) atoms. The van der Waals surface area contributed by atoms with Crippen molar-refractivity contribution in [1.82, 2.24) is 9.97 Å². The number of imidazole rings is 1. The third-order valence-electron chi connectivity index (χ3n) is 2.05. The lowest BCUT2D eigenvalue weighted by molar-refractivity contribution is 0.1000. The van der Waals surface area contributed by atoms with Gasteiger partial charge in [0.05, 0.1) is 17.4 Å². The number of carbonyl (C=O) groups excluding carboxylic acids is 1. The first kappa shape index (κ1) is 9.21. The minimum atomic E-state index is -0.427. The quantitative estimate of drug-likeness (QED) is 0.798. The number of aromatic nitrogens is 2. The molecule has 0 unspecified atom stereocenters. The Morgan fingerprint density at radius 3 is 3.00 bits per heavy atom. The summed E-state index contributed by atoms with van der Waals surface area (Å²) < 4.78 is 0. The molecule has 1 heterocycles. The molecule has 5 heteroatoms. The molecule has 0 atom stereocenters. The van der Waals surface area contributed by atoms with Crippen molar-refractivity contribution in [2.75, 3.05) is 0 Å². The van der Waals surface area contributed by atoms with E-state index < -0.39 is 5.91 Å². The second-order valence-corrected chi connectivity index (χ2v) is 3.49. The third kappa shape index (κ3) is 1.39. The van der Waals surface area contributed by atoms with Crippen molar-refractivity contribution in [1.29, 1.82) is 0 Å². The lowest BCUT2D eigenvalue weighted by Gasteiger charge is -2.02. The molecule has 3 N–H and O–H groups in total. The Labute approximate surface area is 88.6 Å². The van der Waals surface area contributed by atoms with Crippen molar-refractivity contribution in [2.45, 2.75) is 5.33 Å². The van der Waals surface area contributed by atoms with Crippen LogP contribution in [-0.4, -0.2) is 15.9 Å². The number of H-pyrrole nitrogens is 1. The molecule has 4 nitrogen and oxygen atoms in total. The zero-order chi connectivity index (χ0) is 10.1. The number of carbonyl (C=O) groups is 1. The third-order valence-corrected chi connectivity index (χ3v) is 2.66.